The molecule has 2 rings (SSSR count). The minimum atomic E-state index is -3.97. The molecule has 29 heavy (non-hydrogen) atoms. The maximum absolute atomic E-state index is 13.7. The molecule has 1 amide bonds. The van der Waals surface area contributed by atoms with Gasteiger partial charge in [0.15, 0.2) is 0 Å². The van der Waals surface area contributed by atoms with Gasteiger partial charge in [-0.15, -0.1) is 0 Å². The van der Waals surface area contributed by atoms with Gasteiger partial charge in [-0.3, -0.25) is 9.52 Å². The van der Waals surface area contributed by atoms with Gasteiger partial charge in [-0.1, -0.05) is 12.1 Å². The van der Waals surface area contributed by atoms with Crippen molar-refractivity contribution in [2.24, 2.45) is 0 Å². The normalized spacial score (nSPS) is 11.3. The molecular formula is C20H25FN2O5S. The number of para-hydroxylation sites is 1. The van der Waals surface area contributed by atoms with Gasteiger partial charge in [0.05, 0.1) is 17.2 Å². The summed E-state index contributed by atoms with van der Waals surface area (Å²) in [4.78, 5) is 13.9. The molecule has 0 aliphatic heterocycles. The number of methoxy groups -OCH3 is 1. The van der Waals surface area contributed by atoms with Crippen molar-refractivity contribution in [2.45, 2.75) is 11.3 Å². The van der Waals surface area contributed by atoms with E-state index in [1.54, 1.807) is 14.2 Å². The number of amides is 1. The lowest BCUT2D eigenvalue weighted by Gasteiger charge is -2.17. The second kappa shape index (κ2) is 10.9. The zero-order valence-electron chi connectivity index (χ0n) is 16.4. The number of sulfonamides is 1. The molecule has 0 bridgehead atoms. The van der Waals surface area contributed by atoms with Crippen LogP contribution in [0.5, 0.6) is 0 Å². The lowest BCUT2D eigenvalue weighted by Crippen LogP contribution is -2.30. The maximum atomic E-state index is 13.7. The van der Waals surface area contributed by atoms with Crippen molar-refractivity contribution in [1.82, 2.24) is 4.90 Å². The zero-order valence-corrected chi connectivity index (χ0v) is 17.2. The Morgan fingerprint density at radius 3 is 2.41 bits per heavy atom. The van der Waals surface area contributed by atoms with Crippen LogP contribution in [0, 0.1) is 5.82 Å². The van der Waals surface area contributed by atoms with Crippen molar-refractivity contribution in [3.63, 3.8) is 0 Å². The van der Waals surface area contributed by atoms with Crippen LogP contribution in [-0.4, -0.2) is 59.7 Å². The Morgan fingerprint density at radius 2 is 1.76 bits per heavy atom. The molecule has 0 fully saturated rings. The molecule has 2 aromatic rings. The summed E-state index contributed by atoms with van der Waals surface area (Å²) < 4.78 is 51.1. The van der Waals surface area contributed by atoms with Gasteiger partial charge in [-0.25, -0.2) is 12.8 Å². The summed E-state index contributed by atoms with van der Waals surface area (Å²) in [5.74, 6) is -0.926. The van der Waals surface area contributed by atoms with Gasteiger partial charge in [-0.2, -0.15) is 0 Å². The topological polar surface area (TPSA) is 84.9 Å². The minimum absolute atomic E-state index is 0.0681. The highest BCUT2D eigenvalue weighted by molar-refractivity contribution is 7.92. The zero-order chi connectivity index (χ0) is 21.3. The Kier molecular flexibility index (Phi) is 8.56. The van der Waals surface area contributed by atoms with Gasteiger partial charge >= 0.3 is 0 Å². The quantitative estimate of drug-likeness (QED) is 0.561. The van der Waals surface area contributed by atoms with E-state index in [0.29, 0.717) is 31.9 Å². The second-order valence-corrected chi connectivity index (χ2v) is 7.98. The van der Waals surface area contributed by atoms with Crippen LogP contribution in [0.25, 0.3) is 0 Å². The van der Waals surface area contributed by atoms with Gasteiger partial charge in [0.25, 0.3) is 15.9 Å². The first kappa shape index (κ1) is 22.8. The van der Waals surface area contributed by atoms with Crippen molar-refractivity contribution in [1.29, 1.82) is 0 Å². The molecule has 0 saturated heterocycles. The summed E-state index contributed by atoms with van der Waals surface area (Å²) in [7, 11) is -0.701. The molecule has 0 aliphatic carbocycles. The first-order valence-electron chi connectivity index (χ1n) is 9.04. The number of likely N-dealkylation sites (N-methyl/N-ethyl adjacent to an activating group) is 1. The van der Waals surface area contributed by atoms with Crippen LogP contribution in [0.1, 0.15) is 16.8 Å². The van der Waals surface area contributed by atoms with Crippen LogP contribution in [-0.2, 0) is 19.5 Å². The molecule has 0 spiro atoms. The third kappa shape index (κ3) is 6.81. The Labute approximate surface area is 170 Å². The largest absolute Gasteiger partial charge is 0.385 e. The molecule has 0 saturated carbocycles. The highest BCUT2D eigenvalue weighted by Gasteiger charge is 2.18. The Balaban J connectivity index is 1.94. The van der Waals surface area contributed by atoms with Gasteiger partial charge < -0.3 is 14.4 Å². The van der Waals surface area contributed by atoms with Gasteiger partial charge in [-0.05, 0) is 42.8 Å². The average molecular weight is 424 g/mol. The first-order chi connectivity index (χ1) is 13.8. The Bertz CT molecular complexity index is 903. The molecule has 2 aromatic carbocycles. The maximum Gasteiger partial charge on any atom is 0.261 e. The van der Waals surface area contributed by atoms with Crippen LogP contribution < -0.4 is 4.72 Å². The van der Waals surface area contributed by atoms with Crippen LogP contribution in [0.15, 0.2) is 53.4 Å². The SMILES string of the molecule is COCCCOCCN(C)C(=O)c1ccc(S(=O)(=O)Nc2ccccc2F)cc1. The lowest BCUT2D eigenvalue weighted by molar-refractivity contribution is 0.0656. The van der Waals surface area contributed by atoms with E-state index >= 15 is 0 Å². The number of benzene rings is 2. The van der Waals surface area contributed by atoms with Crippen LogP contribution in [0.3, 0.4) is 0 Å². The number of hydrogen-bond donors (Lipinski definition) is 1. The monoisotopic (exact) mass is 424 g/mol. The molecule has 158 valence electrons. The fraction of sp³-hybridized carbons (Fsp3) is 0.350. The summed E-state index contributed by atoms with van der Waals surface area (Å²) in [6, 6.07) is 11.0. The lowest BCUT2D eigenvalue weighted by atomic mass is 10.2. The van der Waals surface area contributed by atoms with Gasteiger partial charge in [0.2, 0.25) is 0 Å². The van der Waals surface area contributed by atoms with Crippen LogP contribution in [0.2, 0.25) is 0 Å². The fourth-order valence-electron chi connectivity index (χ4n) is 2.46. The van der Waals surface area contributed by atoms with Crippen molar-refractivity contribution in [3.8, 4) is 0 Å². The summed E-state index contributed by atoms with van der Waals surface area (Å²) >= 11 is 0. The smallest absolute Gasteiger partial charge is 0.261 e. The number of nitrogens with one attached hydrogen (secondary N) is 1. The van der Waals surface area contributed by atoms with Crippen molar-refractivity contribution in [3.05, 3.63) is 59.9 Å². The molecule has 0 atom stereocenters. The predicted molar refractivity (Wildman–Crippen MR) is 108 cm³/mol. The Hall–Kier alpha value is -2.49. The highest BCUT2D eigenvalue weighted by Crippen LogP contribution is 2.19. The summed E-state index contributed by atoms with van der Waals surface area (Å²) in [6.07, 6.45) is 0.783. The van der Waals surface area contributed by atoms with E-state index in [1.807, 2.05) is 0 Å². The fourth-order valence-corrected chi connectivity index (χ4v) is 3.52. The van der Waals surface area contributed by atoms with E-state index in [1.165, 1.54) is 47.4 Å². The third-order valence-electron chi connectivity index (χ3n) is 4.08. The predicted octanol–water partition coefficient (Wildman–Crippen LogP) is 2.75. The Morgan fingerprint density at radius 1 is 1.07 bits per heavy atom. The van der Waals surface area contributed by atoms with Gasteiger partial charge in [0.1, 0.15) is 5.82 Å². The third-order valence-corrected chi connectivity index (χ3v) is 5.47. The standard InChI is InChI=1S/C20H25FN2O5S/c1-23(12-15-28-14-5-13-27-2)20(24)16-8-10-17(11-9-16)29(25,26)22-19-7-4-3-6-18(19)21/h3-4,6-11,22H,5,12-15H2,1-2H3. The van der Waals surface area contributed by atoms with E-state index in [0.717, 1.165) is 12.5 Å². The molecule has 7 nitrogen and oxygen atoms in total. The second-order valence-electron chi connectivity index (χ2n) is 6.30. The highest BCUT2D eigenvalue weighted by atomic mass is 32.2. The van der Waals surface area contributed by atoms with E-state index in [4.69, 9.17) is 9.47 Å². The van der Waals surface area contributed by atoms with Crippen molar-refractivity contribution >= 4 is 21.6 Å². The van der Waals surface area contributed by atoms with Crippen LogP contribution >= 0.6 is 0 Å². The van der Waals surface area contributed by atoms with E-state index in [9.17, 15) is 17.6 Å². The number of carbonyl (C=O) groups excluding carboxylic acids is 1. The number of ether oxygens (including phenoxy) is 2. The van der Waals surface area contributed by atoms with Crippen LogP contribution in [0.4, 0.5) is 10.1 Å². The van der Waals surface area contributed by atoms with E-state index in [2.05, 4.69) is 4.72 Å². The number of hydrogen-bond acceptors (Lipinski definition) is 5. The number of anilines is 1. The first-order valence-corrected chi connectivity index (χ1v) is 10.5. The molecular weight excluding hydrogens is 399 g/mol. The molecule has 9 heteroatoms. The molecule has 0 unspecified atom stereocenters. The number of carbonyl (C=O) groups is 1. The number of halogens is 1. The van der Waals surface area contributed by atoms with Crippen molar-refractivity contribution < 1.29 is 27.1 Å². The number of rotatable bonds is 11. The summed E-state index contributed by atoms with van der Waals surface area (Å²) in [6.45, 7) is 1.97. The molecule has 0 aromatic heterocycles. The molecule has 1 N–H and O–H groups in total. The molecule has 0 aliphatic rings. The van der Waals surface area contributed by atoms with E-state index < -0.39 is 15.8 Å². The summed E-state index contributed by atoms with van der Waals surface area (Å²) in [5.41, 5.74) is 0.203. The summed E-state index contributed by atoms with van der Waals surface area (Å²) in [5, 5.41) is 0. The van der Waals surface area contributed by atoms with E-state index in [-0.39, 0.29) is 16.5 Å². The molecule has 0 heterocycles. The number of nitrogens with zero attached hydrogens (tertiary/aromatic N) is 1. The average Bonchev–Trinajstić information content (AvgIpc) is 2.71. The molecule has 0 radical (unpaired) electrons. The minimum Gasteiger partial charge on any atom is -0.385 e. The van der Waals surface area contributed by atoms with Crippen molar-refractivity contribution in [2.75, 3.05) is 45.2 Å². The van der Waals surface area contributed by atoms with Gasteiger partial charge in [0, 0.05) is 39.5 Å².